The highest BCUT2D eigenvalue weighted by molar-refractivity contribution is 8.13. The first-order valence-corrected chi connectivity index (χ1v) is 6.05. The number of aliphatic hydroxyl groups excluding tert-OH is 2. The van der Waals surface area contributed by atoms with Crippen molar-refractivity contribution in [3.05, 3.63) is 29.3 Å². The minimum Gasteiger partial charge on any atom is -0.398 e. The third kappa shape index (κ3) is 3.66. The van der Waals surface area contributed by atoms with Gasteiger partial charge in [-0.25, -0.2) is 8.78 Å². The molecule has 0 radical (unpaired) electrons. The number of carbonyl (C=O) groups excluding carboxylic acids is 1. The minimum atomic E-state index is -1.61. The van der Waals surface area contributed by atoms with Crippen molar-refractivity contribution in [2.45, 2.75) is 19.1 Å². The maximum atomic E-state index is 13.5. The molecule has 2 unspecified atom stereocenters. The van der Waals surface area contributed by atoms with Crippen LogP contribution < -0.4 is 5.73 Å². The first-order valence-electron chi connectivity index (χ1n) is 5.06. The Morgan fingerprint density at radius 3 is 2.56 bits per heavy atom. The summed E-state index contributed by atoms with van der Waals surface area (Å²) in [5.41, 5.74) is 4.74. The lowest BCUT2D eigenvalue weighted by molar-refractivity contribution is -0.109. The van der Waals surface area contributed by atoms with E-state index in [2.05, 4.69) is 0 Å². The Hall–Kier alpha value is -1.18. The molecule has 0 saturated carbocycles. The number of benzene rings is 1. The fourth-order valence-corrected chi connectivity index (χ4v) is 1.99. The number of hydrogen-bond donors (Lipinski definition) is 3. The van der Waals surface area contributed by atoms with Gasteiger partial charge in [0.25, 0.3) is 0 Å². The highest BCUT2D eigenvalue weighted by Crippen LogP contribution is 2.28. The van der Waals surface area contributed by atoms with Crippen LogP contribution in [0, 0.1) is 11.6 Å². The zero-order valence-electron chi connectivity index (χ0n) is 9.56. The molecule has 0 amide bonds. The molecule has 0 aliphatic carbocycles. The fraction of sp³-hybridized carbons (Fsp3) is 0.364. The average Bonchev–Trinajstić information content (AvgIpc) is 2.24. The molecule has 4 nitrogen and oxygen atoms in total. The second kappa shape index (κ2) is 6.12. The highest BCUT2D eigenvalue weighted by atomic mass is 32.2. The molecule has 1 rings (SSSR count). The van der Waals surface area contributed by atoms with E-state index in [-0.39, 0.29) is 22.1 Å². The van der Waals surface area contributed by atoms with Gasteiger partial charge in [-0.05, 0) is 6.07 Å². The van der Waals surface area contributed by atoms with E-state index < -0.39 is 23.8 Å². The molecule has 0 aliphatic rings. The number of halogens is 2. The summed E-state index contributed by atoms with van der Waals surface area (Å²) >= 11 is 0.791. The molecule has 4 N–H and O–H groups in total. The molecular weight excluding hydrogens is 264 g/mol. The van der Waals surface area contributed by atoms with Crippen LogP contribution in [0.3, 0.4) is 0 Å². The summed E-state index contributed by atoms with van der Waals surface area (Å²) in [5.74, 6) is -2.01. The van der Waals surface area contributed by atoms with Crippen LogP contribution >= 0.6 is 11.8 Å². The summed E-state index contributed by atoms with van der Waals surface area (Å²) in [6.45, 7) is 1.30. The van der Waals surface area contributed by atoms with Crippen molar-refractivity contribution in [3.63, 3.8) is 0 Å². The third-order valence-electron chi connectivity index (χ3n) is 2.24. The van der Waals surface area contributed by atoms with E-state index in [0.717, 1.165) is 17.8 Å². The number of nitrogen functional groups attached to an aromatic ring is 1. The van der Waals surface area contributed by atoms with Crippen LogP contribution in [0.25, 0.3) is 0 Å². The van der Waals surface area contributed by atoms with Gasteiger partial charge < -0.3 is 15.9 Å². The number of anilines is 1. The standard InChI is InChI=1S/C11H13F2NO3S/c1-5(15)18-4-9(16)11(17)10-7(13)2-6(12)3-8(10)14/h2-3,9,11,16-17H,4,14H2,1H3. The van der Waals surface area contributed by atoms with Gasteiger partial charge >= 0.3 is 0 Å². The Balaban J connectivity index is 2.89. The Kier molecular flexibility index (Phi) is 5.06. The normalized spacial score (nSPS) is 14.3. The molecule has 0 heterocycles. The molecule has 7 heteroatoms. The molecule has 0 aromatic heterocycles. The summed E-state index contributed by atoms with van der Waals surface area (Å²) in [4.78, 5) is 10.7. The topological polar surface area (TPSA) is 83.5 Å². The zero-order valence-corrected chi connectivity index (χ0v) is 10.4. The molecular formula is C11H13F2NO3S. The van der Waals surface area contributed by atoms with Crippen LogP contribution in [-0.2, 0) is 4.79 Å². The average molecular weight is 277 g/mol. The SMILES string of the molecule is CC(=O)SCC(O)C(O)c1c(N)cc(F)cc1F. The molecule has 0 spiro atoms. The van der Waals surface area contributed by atoms with Crippen molar-refractivity contribution >= 4 is 22.6 Å². The number of rotatable bonds is 4. The van der Waals surface area contributed by atoms with Crippen molar-refractivity contribution in [3.8, 4) is 0 Å². The lowest BCUT2D eigenvalue weighted by Crippen LogP contribution is -2.23. The summed E-state index contributed by atoms with van der Waals surface area (Å²) in [7, 11) is 0. The molecule has 100 valence electrons. The number of carbonyl (C=O) groups is 1. The van der Waals surface area contributed by atoms with Crippen LogP contribution in [0.5, 0.6) is 0 Å². The Bertz CT molecular complexity index is 433. The molecule has 0 aliphatic heterocycles. The Morgan fingerprint density at radius 2 is 2.06 bits per heavy atom. The fourth-order valence-electron chi connectivity index (χ4n) is 1.40. The Labute approximate surface area is 107 Å². The first kappa shape index (κ1) is 14.9. The first-order chi connectivity index (χ1) is 8.32. The predicted octanol–water partition coefficient (Wildman–Crippen LogP) is 1.22. The van der Waals surface area contributed by atoms with Gasteiger partial charge in [0.05, 0.1) is 6.10 Å². The number of hydrogen-bond acceptors (Lipinski definition) is 5. The van der Waals surface area contributed by atoms with Gasteiger partial charge in [-0.15, -0.1) is 0 Å². The van der Waals surface area contributed by atoms with Gasteiger partial charge in [0.1, 0.15) is 17.7 Å². The molecule has 1 aromatic carbocycles. The van der Waals surface area contributed by atoms with E-state index in [0.29, 0.717) is 6.07 Å². The van der Waals surface area contributed by atoms with Crippen LogP contribution in [0.4, 0.5) is 14.5 Å². The van der Waals surface area contributed by atoms with Crippen molar-refractivity contribution in [2.24, 2.45) is 0 Å². The van der Waals surface area contributed by atoms with E-state index >= 15 is 0 Å². The lowest BCUT2D eigenvalue weighted by atomic mass is 10.0. The molecule has 0 saturated heterocycles. The summed E-state index contributed by atoms with van der Waals surface area (Å²) in [6, 6.07) is 1.42. The van der Waals surface area contributed by atoms with Gasteiger partial charge in [-0.2, -0.15) is 0 Å². The maximum Gasteiger partial charge on any atom is 0.185 e. The monoisotopic (exact) mass is 277 g/mol. The van der Waals surface area contributed by atoms with E-state index in [1.807, 2.05) is 0 Å². The van der Waals surface area contributed by atoms with Crippen LogP contribution in [0.15, 0.2) is 12.1 Å². The van der Waals surface area contributed by atoms with Crippen LogP contribution in [0.2, 0.25) is 0 Å². The van der Waals surface area contributed by atoms with Crippen molar-refractivity contribution < 1.29 is 23.8 Å². The van der Waals surface area contributed by atoms with Crippen LogP contribution in [-0.4, -0.2) is 27.2 Å². The Morgan fingerprint density at radius 1 is 1.44 bits per heavy atom. The molecule has 1 aromatic rings. The van der Waals surface area contributed by atoms with Gasteiger partial charge in [-0.1, -0.05) is 11.8 Å². The summed E-state index contributed by atoms with van der Waals surface area (Å²) in [6.07, 6.45) is -2.99. The van der Waals surface area contributed by atoms with Crippen molar-refractivity contribution in [2.75, 3.05) is 11.5 Å². The van der Waals surface area contributed by atoms with Gasteiger partial charge in [0, 0.05) is 30.0 Å². The highest BCUT2D eigenvalue weighted by Gasteiger charge is 2.25. The van der Waals surface area contributed by atoms with Gasteiger partial charge in [0.2, 0.25) is 0 Å². The van der Waals surface area contributed by atoms with E-state index in [1.54, 1.807) is 0 Å². The minimum absolute atomic E-state index is 0.104. The number of thioether (sulfide) groups is 1. The number of nitrogens with two attached hydrogens (primary N) is 1. The van der Waals surface area contributed by atoms with E-state index in [9.17, 15) is 23.8 Å². The summed E-state index contributed by atoms with van der Waals surface area (Å²) < 4.78 is 26.3. The zero-order chi connectivity index (χ0) is 13.9. The third-order valence-corrected chi connectivity index (χ3v) is 3.16. The predicted molar refractivity (Wildman–Crippen MR) is 64.9 cm³/mol. The lowest BCUT2D eigenvalue weighted by Gasteiger charge is -2.19. The van der Waals surface area contributed by atoms with E-state index in [4.69, 9.17) is 5.73 Å². The molecule has 0 fully saturated rings. The smallest absolute Gasteiger partial charge is 0.185 e. The van der Waals surface area contributed by atoms with Crippen LogP contribution in [0.1, 0.15) is 18.6 Å². The van der Waals surface area contributed by atoms with Crippen molar-refractivity contribution in [1.29, 1.82) is 0 Å². The maximum absolute atomic E-state index is 13.5. The largest absolute Gasteiger partial charge is 0.398 e. The van der Waals surface area contributed by atoms with Gasteiger partial charge in [-0.3, -0.25) is 4.79 Å². The molecule has 0 bridgehead atoms. The van der Waals surface area contributed by atoms with Gasteiger partial charge in [0.15, 0.2) is 5.12 Å². The molecule has 18 heavy (non-hydrogen) atoms. The second-order valence-electron chi connectivity index (χ2n) is 3.71. The quantitative estimate of drug-likeness (QED) is 0.721. The number of aliphatic hydroxyl groups is 2. The second-order valence-corrected chi connectivity index (χ2v) is 4.90. The van der Waals surface area contributed by atoms with E-state index in [1.165, 1.54) is 6.92 Å². The van der Waals surface area contributed by atoms with Crippen molar-refractivity contribution in [1.82, 2.24) is 0 Å². The molecule has 2 atom stereocenters. The summed E-state index contributed by atoms with van der Waals surface area (Å²) in [5, 5.41) is 19.1.